The minimum absolute atomic E-state index is 0.669. The van der Waals surface area contributed by atoms with Crippen LogP contribution in [0.4, 0.5) is 5.82 Å². The van der Waals surface area contributed by atoms with Gasteiger partial charge in [-0.15, -0.1) is 15.3 Å². The van der Waals surface area contributed by atoms with Crippen molar-refractivity contribution < 1.29 is 0 Å². The molecule has 4 rings (SSSR count). The number of pyridine rings is 1. The molecule has 0 aliphatic carbocycles. The van der Waals surface area contributed by atoms with Gasteiger partial charge in [-0.25, -0.2) is 0 Å². The monoisotopic (exact) mass is 308 g/mol. The summed E-state index contributed by atoms with van der Waals surface area (Å²) in [5.74, 6) is 1.52. The van der Waals surface area contributed by atoms with Crippen LogP contribution in [0, 0.1) is 0 Å². The molecule has 0 aliphatic rings. The molecule has 0 spiro atoms. The lowest BCUT2D eigenvalue weighted by atomic mass is 10.3. The summed E-state index contributed by atoms with van der Waals surface area (Å²) in [6.45, 7) is 0.669. The second kappa shape index (κ2) is 5.53. The summed E-state index contributed by atoms with van der Waals surface area (Å²) in [7, 11) is 0. The maximum absolute atomic E-state index is 4.57. The average Bonchev–Trinajstić information content (AvgIpc) is 3.22. The van der Waals surface area contributed by atoms with Gasteiger partial charge in [0, 0.05) is 29.9 Å². The van der Waals surface area contributed by atoms with E-state index in [0.717, 1.165) is 28.4 Å². The standard InChI is InChI=1S/C15H12N6S/c1-2-11(8-16-6-1)9-17-13-3-4-14-18-19-15(21(14)20-13)12-5-7-22-10-12/h1-8,10H,9H2,(H,17,20). The van der Waals surface area contributed by atoms with Gasteiger partial charge in [0.15, 0.2) is 11.5 Å². The van der Waals surface area contributed by atoms with Gasteiger partial charge in [-0.1, -0.05) is 6.07 Å². The van der Waals surface area contributed by atoms with E-state index in [1.165, 1.54) is 0 Å². The first-order chi connectivity index (χ1) is 10.9. The predicted molar refractivity (Wildman–Crippen MR) is 85.7 cm³/mol. The number of aromatic nitrogens is 5. The van der Waals surface area contributed by atoms with Crippen LogP contribution in [0.25, 0.3) is 17.0 Å². The normalized spacial score (nSPS) is 10.9. The third kappa shape index (κ3) is 2.42. The summed E-state index contributed by atoms with van der Waals surface area (Å²) in [5, 5.41) is 20.3. The molecule has 4 aromatic rings. The smallest absolute Gasteiger partial charge is 0.186 e. The van der Waals surface area contributed by atoms with Crippen molar-refractivity contribution in [2.24, 2.45) is 0 Å². The van der Waals surface area contributed by atoms with E-state index in [-0.39, 0.29) is 0 Å². The SMILES string of the molecule is c1cncc(CNc2ccc3nnc(-c4ccsc4)n3n2)c1. The van der Waals surface area contributed by atoms with Gasteiger partial charge in [0.2, 0.25) is 0 Å². The average molecular weight is 308 g/mol. The van der Waals surface area contributed by atoms with Crippen molar-refractivity contribution in [3.05, 3.63) is 59.0 Å². The number of nitrogens with zero attached hydrogens (tertiary/aromatic N) is 5. The first-order valence-electron chi connectivity index (χ1n) is 6.78. The quantitative estimate of drug-likeness (QED) is 0.628. The molecule has 0 radical (unpaired) electrons. The molecule has 22 heavy (non-hydrogen) atoms. The Morgan fingerprint density at radius 3 is 2.95 bits per heavy atom. The minimum Gasteiger partial charge on any atom is -0.364 e. The number of rotatable bonds is 4. The molecule has 1 N–H and O–H groups in total. The van der Waals surface area contributed by atoms with E-state index < -0.39 is 0 Å². The lowest BCUT2D eigenvalue weighted by Crippen LogP contribution is -2.04. The Hall–Kier alpha value is -2.80. The van der Waals surface area contributed by atoms with Gasteiger partial charge in [-0.2, -0.15) is 15.9 Å². The number of nitrogens with one attached hydrogen (secondary N) is 1. The molecule has 0 fully saturated rings. The maximum atomic E-state index is 4.57. The van der Waals surface area contributed by atoms with E-state index in [0.29, 0.717) is 6.54 Å². The van der Waals surface area contributed by atoms with E-state index in [4.69, 9.17) is 0 Å². The molecule has 7 heteroatoms. The highest BCUT2D eigenvalue weighted by Gasteiger charge is 2.10. The van der Waals surface area contributed by atoms with Gasteiger partial charge >= 0.3 is 0 Å². The molecular weight excluding hydrogens is 296 g/mol. The van der Waals surface area contributed by atoms with E-state index >= 15 is 0 Å². The molecule has 0 bridgehead atoms. The van der Waals surface area contributed by atoms with E-state index in [1.807, 2.05) is 47.3 Å². The van der Waals surface area contributed by atoms with Crippen LogP contribution in [0.15, 0.2) is 53.5 Å². The van der Waals surface area contributed by atoms with Crippen molar-refractivity contribution in [2.45, 2.75) is 6.54 Å². The van der Waals surface area contributed by atoms with Gasteiger partial charge in [0.05, 0.1) is 0 Å². The molecule has 6 nitrogen and oxygen atoms in total. The van der Waals surface area contributed by atoms with E-state index in [2.05, 4.69) is 25.6 Å². The van der Waals surface area contributed by atoms with Crippen LogP contribution in [0.2, 0.25) is 0 Å². The summed E-state index contributed by atoms with van der Waals surface area (Å²) in [4.78, 5) is 4.10. The van der Waals surface area contributed by atoms with Gasteiger partial charge in [-0.05, 0) is 35.2 Å². The molecule has 0 atom stereocenters. The topological polar surface area (TPSA) is 68.0 Å². The fourth-order valence-corrected chi connectivity index (χ4v) is 2.78. The fraction of sp³-hybridized carbons (Fsp3) is 0.0667. The predicted octanol–water partition coefficient (Wildman–Crippen LogP) is 2.86. The van der Waals surface area contributed by atoms with Gasteiger partial charge in [-0.3, -0.25) is 4.98 Å². The zero-order chi connectivity index (χ0) is 14.8. The van der Waals surface area contributed by atoms with Gasteiger partial charge in [0.1, 0.15) is 5.82 Å². The number of hydrogen-bond donors (Lipinski definition) is 1. The Balaban J connectivity index is 1.64. The Labute approximate surface area is 130 Å². The second-order valence-electron chi connectivity index (χ2n) is 4.74. The Kier molecular flexibility index (Phi) is 3.24. The molecule has 4 heterocycles. The molecule has 4 aromatic heterocycles. The molecule has 0 saturated carbocycles. The summed E-state index contributed by atoms with van der Waals surface area (Å²) < 4.78 is 1.76. The van der Waals surface area contributed by atoms with Crippen LogP contribution >= 0.6 is 11.3 Å². The van der Waals surface area contributed by atoms with Crippen LogP contribution in [-0.4, -0.2) is 24.8 Å². The third-order valence-electron chi connectivity index (χ3n) is 3.24. The van der Waals surface area contributed by atoms with Crippen molar-refractivity contribution in [3.8, 4) is 11.4 Å². The van der Waals surface area contributed by atoms with Crippen molar-refractivity contribution >= 4 is 22.8 Å². The van der Waals surface area contributed by atoms with Crippen molar-refractivity contribution in [1.82, 2.24) is 24.8 Å². The summed E-state index contributed by atoms with van der Waals surface area (Å²) in [6, 6.07) is 9.76. The number of hydrogen-bond acceptors (Lipinski definition) is 6. The van der Waals surface area contributed by atoms with E-state index in [9.17, 15) is 0 Å². The number of thiophene rings is 1. The largest absolute Gasteiger partial charge is 0.364 e. The van der Waals surface area contributed by atoms with E-state index in [1.54, 1.807) is 22.0 Å². The number of anilines is 1. The Bertz CT molecular complexity index is 885. The van der Waals surface area contributed by atoms with Crippen LogP contribution in [0.5, 0.6) is 0 Å². The lowest BCUT2D eigenvalue weighted by molar-refractivity contribution is 0.925. The second-order valence-corrected chi connectivity index (χ2v) is 5.52. The van der Waals surface area contributed by atoms with Crippen molar-refractivity contribution in [1.29, 1.82) is 0 Å². The first kappa shape index (κ1) is 12.9. The zero-order valence-electron chi connectivity index (χ0n) is 11.5. The third-order valence-corrected chi connectivity index (χ3v) is 3.92. The summed E-state index contributed by atoms with van der Waals surface area (Å²) in [6.07, 6.45) is 3.60. The van der Waals surface area contributed by atoms with Crippen LogP contribution in [-0.2, 0) is 6.54 Å². The highest BCUT2D eigenvalue weighted by molar-refractivity contribution is 7.08. The van der Waals surface area contributed by atoms with Crippen LogP contribution in [0.1, 0.15) is 5.56 Å². The first-order valence-corrected chi connectivity index (χ1v) is 7.72. The Morgan fingerprint density at radius 2 is 2.14 bits per heavy atom. The maximum Gasteiger partial charge on any atom is 0.186 e. The minimum atomic E-state index is 0.669. The molecule has 0 aliphatic heterocycles. The molecule has 0 unspecified atom stereocenters. The highest BCUT2D eigenvalue weighted by Crippen LogP contribution is 2.20. The molecule has 0 saturated heterocycles. The highest BCUT2D eigenvalue weighted by atomic mass is 32.1. The fourth-order valence-electron chi connectivity index (χ4n) is 2.15. The van der Waals surface area contributed by atoms with Crippen LogP contribution in [0.3, 0.4) is 0 Å². The lowest BCUT2D eigenvalue weighted by Gasteiger charge is -2.05. The molecule has 0 amide bonds. The zero-order valence-corrected chi connectivity index (χ0v) is 12.4. The van der Waals surface area contributed by atoms with Crippen LogP contribution < -0.4 is 5.32 Å². The Morgan fingerprint density at radius 1 is 1.14 bits per heavy atom. The van der Waals surface area contributed by atoms with Gasteiger partial charge < -0.3 is 5.32 Å². The summed E-state index contributed by atoms with van der Waals surface area (Å²) in [5.41, 5.74) is 2.86. The number of fused-ring (bicyclic) bond motifs is 1. The van der Waals surface area contributed by atoms with Crippen molar-refractivity contribution in [2.75, 3.05) is 5.32 Å². The molecular formula is C15H12N6S. The van der Waals surface area contributed by atoms with Gasteiger partial charge in [0.25, 0.3) is 0 Å². The molecule has 108 valence electrons. The molecule has 0 aromatic carbocycles. The van der Waals surface area contributed by atoms with Crippen molar-refractivity contribution in [3.63, 3.8) is 0 Å². The summed E-state index contributed by atoms with van der Waals surface area (Å²) >= 11 is 1.63.